The molecular weight excluding hydrogens is 234 g/mol. The highest BCUT2D eigenvalue weighted by Gasteiger charge is 2.06. The van der Waals surface area contributed by atoms with Gasteiger partial charge >= 0.3 is 0 Å². The minimum atomic E-state index is -0.0296. The summed E-state index contributed by atoms with van der Waals surface area (Å²) in [6.45, 7) is 2.04. The lowest BCUT2D eigenvalue weighted by molar-refractivity contribution is 0.856. The second-order valence-electron chi connectivity index (χ2n) is 4.11. The van der Waals surface area contributed by atoms with Crippen molar-refractivity contribution in [2.24, 2.45) is 7.05 Å². The molecule has 0 bridgehead atoms. The molecule has 88 valence electrons. The third-order valence-electron chi connectivity index (χ3n) is 2.87. The standard InChI is InChI=1S/C14H14ClNO/c1-10-3-5-11(6-4-10)13-8-7-12(9-15)14(17)16(13)2/h3-8H,9H2,1-2H3. The molecule has 0 aliphatic carbocycles. The van der Waals surface area contributed by atoms with E-state index in [9.17, 15) is 4.79 Å². The first-order valence-corrected chi connectivity index (χ1v) is 5.99. The number of benzene rings is 1. The van der Waals surface area contributed by atoms with Gasteiger partial charge in [-0.05, 0) is 18.6 Å². The predicted molar refractivity (Wildman–Crippen MR) is 71.4 cm³/mol. The molecule has 2 rings (SSSR count). The Balaban J connectivity index is 2.57. The van der Waals surface area contributed by atoms with Gasteiger partial charge in [-0.25, -0.2) is 0 Å². The fourth-order valence-corrected chi connectivity index (χ4v) is 2.01. The van der Waals surface area contributed by atoms with Gasteiger partial charge in [0, 0.05) is 12.6 Å². The van der Waals surface area contributed by atoms with Gasteiger partial charge < -0.3 is 4.57 Å². The maximum atomic E-state index is 11.9. The lowest BCUT2D eigenvalue weighted by atomic mass is 10.1. The Labute approximate surface area is 105 Å². The van der Waals surface area contributed by atoms with E-state index in [0.717, 1.165) is 11.3 Å². The fraction of sp³-hybridized carbons (Fsp3) is 0.214. The zero-order valence-corrected chi connectivity index (χ0v) is 10.7. The number of halogens is 1. The number of hydrogen-bond donors (Lipinski definition) is 0. The van der Waals surface area contributed by atoms with Crippen LogP contribution in [0.4, 0.5) is 0 Å². The lowest BCUT2D eigenvalue weighted by Gasteiger charge is -2.09. The Morgan fingerprint density at radius 1 is 1.12 bits per heavy atom. The third-order valence-corrected chi connectivity index (χ3v) is 3.16. The number of nitrogens with zero attached hydrogens (tertiary/aromatic N) is 1. The Kier molecular flexibility index (Phi) is 3.34. The van der Waals surface area contributed by atoms with Gasteiger partial charge in [0.2, 0.25) is 0 Å². The summed E-state index contributed by atoms with van der Waals surface area (Å²) in [6, 6.07) is 11.8. The highest BCUT2D eigenvalue weighted by molar-refractivity contribution is 6.17. The normalized spacial score (nSPS) is 10.5. The van der Waals surface area contributed by atoms with E-state index in [4.69, 9.17) is 11.6 Å². The molecule has 0 N–H and O–H groups in total. The van der Waals surface area contributed by atoms with Crippen molar-refractivity contribution >= 4 is 11.6 Å². The molecule has 1 aromatic heterocycles. The van der Waals surface area contributed by atoms with Crippen LogP contribution in [-0.2, 0) is 12.9 Å². The summed E-state index contributed by atoms with van der Waals surface area (Å²) >= 11 is 5.71. The molecule has 0 spiro atoms. The highest BCUT2D eigenvalue weighted by Crippen LogP contribution is 2.18. The smallest absolute Gasteiger partial charge is 0.255 e. The predicted octanol–water partition coefficient (Wildman–Crippen LogP) is 3.10. The SMILES string of the molecule is Cc1ccc(-c2ccc(CCl)c(=O)n2C)cc1. The topological polar surface area (TPSA) is 22.0 Å². The number of aryl methyl sites for hydroxylation is 1. The van der Waals surface area contributed by atoms with Gasteiger partial charge in [-0.15, -0.1) is 11.6 Å². The Hall–Kier alpha value is -1.54. The van der Waals surface area contributed by atoms with Crippen molar-refractivity contribution in [1.82, 2.24) is 4.57 Å². The van der Waals surface area contributed by atoms with Crippen molar-refractivity contribution in [3.8, 4) is 11.3 Å². The van der Waals surface area contributed by atoms with Gasteiger partial charge in [0.1, 0.15) is 0 Å². The monoisotopic (exact) mass is 247 g/mol. The van der Waals surface area contributed by atoms with Crippen molar-refractivity contribution < 1.29 is 0 Å². The van der Waals surface area contributed by atoms with Gasteiger partial charge in [0.15, 0.2) is 0 Å². The van der Waals surface area contributed by atoms with Crippen LogP contribution in [0, 0.1) is 6.92 Å². The van der Waals surface area contributed by atoms with E-state index in [1.165, 1.54) is 5.56 Å². The van der Waals surface area contributed by atoms with Gasteiger partial charge in [-0.2, -0.15) is 0 Å². The van der Waals surface area contributed by atoms with Crippen LogP contribution in [0.25, 0.3) is 11.3 Å². The first-order chi connectivity index (χ1) is 8.13. The number of rotatable bonds is 2. The summed E-state index contributed by atoms with van der Waals surface area (Å²) in [5.41, 5.74) is 3.75. The van der Waals surface area contributed by atoms with Crippen LogP contribution in [-0.4, -0.2) is 4.57 Å². The van der Waals surface area contributed by atoms with Crippen molar-refractivity contribution in [3.05, 3.63) is 57.9 Å². The molecule has 0 aliphatic heterocycles. The molecular formula is C14H14ClNO. The van der Waals surface area contributed by atoms with Crippen LogP contribution in [0.15, 0.2) is 41.2 Å². The molecule has 2 aromatic rings. The van der Waals surface area contributed by atoms with Gasteiger partial charge in [0.25, 0.3) is 5.56 Å². The van der Waals surface area contributed by atoms with E-state index in [1.807, 2.05) is 37.3 Å². The van der Waals surface area contributed by atoms with Crippen LogP contribution in [0.2, 0.25) is 0 Å². The van der Waals surface area contributed by atoms with E-state index < -0.39 is 0 Å². The third kappa shape index (κ3) is 2.27. The summed E-state index contributed by atoms with van der Waals surface area (Å²) in [4.78, 5) is 11.9. The molecule has 0 aliphatic rings. The van der Waals surface area contributed by atoms with E-state index >= 15 is 0 Å². The van der Waals surface area contributed by atoms with Crippen molar-refractivity contribution in [2.75, 3.05) is 0 Å². The highest BCUT2D eigenvalue weighted by atomic mass is 35.5. The van der Waals surface area contributed by atoms with Gasteiger partial charge in [-0.3, -0.25) is 4.79 Å². The minimum Gasteiger partial charge on any atom is -0.311 e. The maximum absolute atomic E-state index is 11.9. The number of aromatic nitrogens is 1. The van der Waals surface area contributed by atoms with E-state index in [0.29, 0.717) is 5.56 Å². The fourth-order valence-electron chi connectivity index (χ4n) is 1.80. The Morgan fingerprint density at radius 3 is 2.35 bits per heavy atom. The maximum Gasteiger partial charge on any atom is 0.255 e. The second-order valence-corrected chi connectivity index (χ2v) is 4.37. The quantitative estimate of drug-likeness (QED) is 0.748. The molecule has 0 unspecified atom stereocenters. The van der Waals surface area contributed by atoms with Crippen molar-refractivity contribution in [1.29, 1.82) is 0 Å². The van der Waals surface area contributed by atoms with Gasteiger partial charge in [0.05, 0.1) is 11.6 Å². The van der Waals surface area contributed by atoms with Crippen LogP contribution >= 0.6 is 11.6 Å². The van der Waals surface area contributed by atoms with E-state index in [-0.39, 0.29) is 11.4 Å². The van der Waals surface area contributed by atoms with Crippen LogP contribution in [0.3, 0.4) is 0 Å². The summed E-state index contributed by atoms with van der Waals surface area (Å²) in [7, 11) is 1.77. The van der Waals surface area contributed by atoms with Crippen LogP contribution in [0.1, 0.15) is 11.1 Å². The molecule has 17 heavy (non-hydrogen) atoms. The zero-order valence-electron chi connectivity index (χ0n) is 9.90. The second kappa shape index (κ2) is 4.76. The molecule has 0 saturated heterocycles. The average Bonchev–Trinajstić information content (AvgIpc) is 2.34. The summed E-state index contributed by atoms with van der Waals surface area (Å²) in [5, 5.41) is 0. The molecule has 0 amide bonds. The summed E-state index contributed by atoms with van der Waals surface area (Å²) in [5.74, 6) is 0.251. The average molecular weight is 248 g/mol. The van der Waals surface area contributed by atoms with Crippen molar-refractivity contribution in [3.63, 3.8) is 0 Å². The molecule has 0 atom stereocenters. The number of alkyl halides is 1. The molecule has 1 aromatic carbocycles. The molecule has 1 heterocycles. The van der Waals surface area contributed by atoms with E-state index in [1.54, 1.807) is 17.7 Å². The number of pyridine rings is 1. The summed E-state index contributed by atoms with van der Waals surface area (Å²) in [6.07, 6.45) is 0. The Morgan fingerprint density at radius 2 is 1.76 bits per heavy atom. The molecule has 2 nitrogen and oxygen atoms in total. The lowest BCUT2D eigenvalue weighted by Crippen LogP contribution is -2.21. The van der Waals surface area contributed by atoms with Crippen molar-refractivity contribution in [2.45, 2.75) is 12.8 Å². The molecule has 0 fully saturated rings. The zero-order chi connectivity index (χ0) is 12.4. The first-order valence-electron chi connectivity index (χ1n) is 5.45. The Bertz CT molecular complexity index is 584. The molecule has 0 radical (unpaired) electrons. The van der Waals surface area contributed by atoms with Crippen LogP contribution < -0.4 is 5.56 Å². The van der Waals surface area contributed by atoms with Crippen LogP contribution in [0.5, 0.6) is 0 Å². The summed E-state index contributed by atoms with van der Waals surface area (Å²) < 4.78 is 1.64. The number of hydrogen-bond acceptors (Lipinski definition) is 1. The molecule has 0 saturated carbocycles. The molecule has 3 heteroatoms. The first kappa shape index (κ1) is 11.9. The van der Waals surface area contributed by atoms with E-state index in [2.05, 4.69) is 0 Å². The largest absolute Gasteiger partial charge is 0.311 e. The minimum absolute atomic E-state index is 0.0296. The van der Waals surface area contributed by atoms with Gasteiger partial charge in [-0.1, -0.05) is 35.9 Å².